The van der Waals surface area contributed by atoms with Crippen LogP contribution in [0.15, 0.2) is 0 Å². The Morgan fingerprint density at radius 3 is 1.05 bits per heavy atom. The zero-order valence-electron chi connectivity index (χ0n) is 29.4. The number of hydrogen-bond acceptors (Lipinski definition) is 3. The fourth-order valence-corrected chi connectivity index (χ4v) is 6.79. The molecule has 0 aromatic rings. The lowest BCUT2D eigenvalue weighted by atomic mass is 9.90. The summed E-state index contributed by atoms with van der Waals surface area (Å²) in [6, 6.07) is 0.590. The molecule has 3 nitrogen and oxygen atoms in total. The van der Waals surface area contributed by atoms with Crippen LogP contribution >= 0.6 is 0 Å². The molecule has 0 aliphatic heterocycles. The van der Waals surface area contributed by atoms with Crippen LogP contribution in [0, 0.1) is 0 Å². The van der Waals surface area contributed by atoms with E-state index in [-0.39, 0.29) is 6.10 Å². The summed E-state index contributed by atoms with van der Waals surface area (Å²) in [6.07, 6.45) is 43.5. The van der Waals surface area contributed by atoms with Crippen LogP contribution in [-0.2, 0) is 9.47 Å². The Kier molecular flexibility index (Phi) is 30.7. The van der Waals surface area contributed by atoms with Crippen molar-refractivity contribution in [1.29, 1.82) is 0 Å². The number of unbranched alkanes of at least 4 members (excludes halogenated alkanes) is 26. The third-order valence-electron chi connectivity index (χ3n) is 9.80. The predicted molar refractivity (Wildman–Crippen MR) is 187 cm³/mol. The molecule has 0 radical (unpaired) electrons. The van der Waals surface area contributed by atoms with Gasteiger partial charge < -0.3 is 14.8 Å². The highest BCUT2D eigenvalue weighted by atomic mass is 16.5. The molecule has 1 fully saturated rings. The number of ether oxygens (including phenoxy) is 2. The highest BCUT2D eigenvalue weighted by molar-refractivity contribution is 4.85. The molecule has 1 aliphatic carbocycles. The van der Waals surface area contributed by atoms with Crippen LogP contribution in [0.25, 0.3) is 0 Å². The maximum atomic E-state index is 6.44. The molecule has 42 heavy (non-hydrogen) atoms. The lowest BCUT2D eigenvalue weighted by molar-refractivity contribution is -0.0984. The van der Waals surface area contributed by atoms with Crippen LogP contribution < -0.4 is 5.32 Å². The number of nitrogens with one attached hydrogen (secondary N) is 1. The summed E-state index contributed by atoms with van der Waals surface area (Å²) in [5, 5.41) is 3.49. The summed E-state index contributed by atoms with van der Waals surface area (Å²) in [5.41, 5.74) is 0. The van der Waals surface area contributed by atoms with Crippen molar-refractivity contribution in [3.8, 4) is 0 Å². The molecular weight excluding hydrogens is 514 g/mol. The maximum absolute atomic E-state index is 6.44. The van der Waals surface area contributed by atoms with E-state index in [1.165, 1.54) is 186 Å². The third kappa shape index (κ3) is 25.2. The van der Waals surface area contributed by atoms with Gasteiger partial charge in [0.2, 0.25) is 0 Å². The van der Waals surface area contributed by atoms with Crippen molar-refractivity contribution in [2.45, 2.75) is 231 Å². The molecular formula is C39H79NO2. The number of rotatable bonds is 33. The first-order valence-corrected chi connectivity index (χ1v) is 19.7. The second kappa shape index (κ2) is 32.3. The van der Waals surface area contributed by atoms with Gasteiger partial charge in [-0.25, -0.2) is 0 Å². The van der Waals surface area contributed by atoms with Gasteiger partial charge in [-0.05, 0) is 39.2 Å². The average molecular weight is 594 g/mol. The van der Waals surface area contributed by atoms with Gasteiger partial charge in [0, 0.05) is 19.3 Å². The van der Waals surface area contributed by atoms with Crippen molar-refractivity contribution < 1.29 is 9.47 Å². The van der Waals surface area contributed by atoms with Crippen molar-refractivity contribution >= 4 is 0 Å². The van der Waals surface area contributed by atoms with Crippen molar-refractivity contribution in [2.24, 2.45) is 0 Å². The van der Waals surface area contributed by atoms with Crippen LogP contribution in [0.4, 0.5) is 0 Å². The third-order valence-corrected chi connectivity index (χ3v) is 9.80. The van der Waals surface area contributed by atoms with E-state index < -0.39 is 0 Å². The summed E-state index contributed by atoms with van der Waals surface area (Å²) in [5.74, 6) is 0. The second-order valence-electron chi connectivity index (χ2n) is 13.8. The predicted octanol–water partition coefficient (Wildman–Crippen LogP) is 12.5. The smallest absolute Gasteiger partial charge is 0.0851 e. The fraction of sp³-hybridized carbons (Fsp3) is 1.00. The van der Waals surface area contributed by atoms with Crippen LogP contribution in [0.2, 0.25) is 0 Å². The molecule has 0 heterocycles. The van der Waals surface area contributed by atoms with E-state index in [0.29, 0.717) is 12.1 Å². The first kappa shape index (κ1) is 39.9. The van der Waals surface area contributed by atoms with Gasteiger partial charge >= 0.3 is 0 Å². The van der Waals surface area contributed by atoms with Gasteiger partial charge in [0.05, 0.1) is 12.2 Å². The maximum Gasteiger partial charge on any atom is 0.0851 e. The van der Waals surface area contributed by atoms with Crippen molar-refractivity contribution in [2.75, 3.05) is 20.3 Å². The fourth-order valence-electron chi connectivity index (χ4n) is 6.79. The molecule has 1 aliphatic rings. The molecule has 1 saturated carbocycles. The van der Waals surface area contributed by atoms with Gasteiger partial charge in [-0.1, -0.05) is 181 Å². The Bertz CT molecular complexity index is 513. The Hall–Kier alpha value is -0.120. The monoisotopic (exact) mass is 594 g/mol. The SMILES string of the molecule is CCCCCCCCCCCCCCCCOC1CCC(NC)CC1OCCCCCCCCCCCCCCCC. The van der Waals surface area contributed by atoms with Crippen molar-refractivity contribution in [1.82, 2.24) is 5.32 Å². The van der Waals surface area contributed by atoms with Gasteiger partial charge in [-0.3, -0.25) is 0 Å². The van der Waals surface area contributed by atoms with E-state index in [1.54, 1.807) is 0 Å². The highest BCUT2D eigenvalue weighted by Crippen LogP contribution is 2.25. The van der Waals surface area contributed by atoms with Gasteiger partial charge in [-0.2, -0.15) is 0 Å². The summed E-state index contributed by atoms with van der Waals surface area (Å²) in [7, 11) is 2.10. The quantitative estimate of drug-likeness (QED) is 0.0768. The Morgan fingerprint density at radius 1 is 0.405 bits per heavy atom. The molecule has 0 amide bonds. The van der Waals surface area contributed by atoms with Gasteiger partial charge in [0.25, 0.3) is 0 Å². The molecule has 1 N–H and O–H groups in total. The minimum absolute atomic E-state index is 0.282. The van der Waals surface area contributed by atoms with Crippen LogP contribution in [0.3, 0.4) is 0 Å². The Labute approximate surface area is 265 Å². The zero-order chi connectivity index (χ0) is 30.2. The molecule has 1 rings (SSSR count). The van der Waals surface area contributed by atoms with E-state index in [0.717, 1.165) is 26.1 Å². The van der Waals surface area contributed by atoms with E-state index in [4.69, 9.17) is 9.47 Å². The molecule has 0 spiro atoms. The van der Waals surface area contributed by atoms with Gasteiger partial charge in [0.15, 0.2) is 0 Å². The van der Waals surface area contributed by atoms with Crippen LogP contribution in [-0.4, -0.2) is 38.5 Å². The first-order valence-electron chi connectivity index (χ1n) is 19.7. The molecule has 0 aromatic heterocycles. The minimum atomic E-state index is 0.282. The van der Waals surface area contributed by atoms with Crippen molar-refractivity contribution in [3.05, 3.63) is 0 Å². The summed E-state index contributed by atoms with van der Waals surface area (Å²) < 4.78 is 12.9. The standard InChI is InChI=1S/C39H79NO2/c1-4-6-8-10-12-14-16-18-20-22-24-26-28-30-34-41-38-33-32-37(40-3)36-39(38)42-35-31-29-27-25-23-21-19-17-15-13-11-9-7-5-2/h37-40H,4-36H2,1-3H3. The molecule has 0 bridgehead atoms. The van der Waals surface area contributed by atoms with E-state index in [2.05, 4.69) is 26.2 Å². The normalized spacial score (nSPS) is 19.1. The average Bonchev–Trinajstić information content (AvgIpc) is 3.01. The van der Waals surface area contributed by atoms with Crippen LogP contribution in [0.5, 0.6) is 0 Å². The molecule has 3 heteroatoms. The summed E-state index contributed by atoms with van der Waals surface area (Å²) in [4.78, 5) is 0. The van der Waals surface area contributed by atoms with E-state index >= 15 is 0 Å². The first-order chi connectivity index (χ1) is 20.8. The molecule has 3 unspecified atom stereocenters. The largest absolute Gasteiger partial charge is 0.376 e. The zero-order valence-corrected chi connectivity index (χ0v) is 29.4. The van der Waals surface area contributed by atoms with Crippen LogP contribution in [0.1, 0.15) is 213 Å². The Balaban J connectivity index is 1.96. The van der Waals surface area contributed by atoms with Gasteiger partial charge in [-0.15, -0.1) is 0 Å². The van der Waals surface area contributed by atoms with E-state index in [1.807, 2.05) is 0 Å². The highest BCUT2D eigenvalue weighted by Gasteiger charge is 2.31. The topological polar surface area (TPSA) is 30.5 Å². The van der Waals surface area contributed by atoms with Crippen molar-refractivity contribution in [3.63, 3.8) is 0 Å². The minimum Gasteiger partial charge on any atom is -0.376 e. The summed E-state index contributed by atoms with van der Waals surface area (Å²) >= 11 is 0. The molecule has 252 valence electrons. The number of hydrogen-bond donors (Lipinski definition) is 1. The molecule has 0 aromatic carbocycles. The summed E-state index contributed by atoms with van der Waals surface area (Å²) in [6.45, 7) is 6.44. The van der Waals surface area contributed by atoms with E-state index in [9.17, 15) is 0 Å². The Morgan fingerprint density at radius 2 is 0.714 bits per heavy atom. The lowest BCUT2D eigenvalue weighted by Crippen LogP contribution is -2.44. The lowest BCUT2D eigenvalue weighted by Gasteiger charge is -2.36. The molecule has 3 atom stereocenters. The van der Waals surface area contributed by atoms with Gasteiger partial charge in [0.1, 0.15) is 0 Å². The second-order valence-corrected chi connectivity index (χ2v) is 13.8. The molecule has 0 saturated heterocycles.